The first-order chi connectivity index (χ1) is 14.4. The highest BCUT2D eigenvalue weighted by atomic mass is 16.7. The molecule has 13 heteroatoms. The maximum atomic E-state index is 11.7. The number of carbonyl (C=O) groups is 3. The molecule has 31 heavy (non-hydrogen) atoms. The molecule has 2 saturated heterocycles. The van der Waals surface area contributed by atoms with Crippen LogP contribution in [0.15, 0.2) is 0 Å². The van der Waals surface area contributed by atoms with Crippen LogP contribution in [-0.2, 0) is 42.8 Å². The van der Waals surface area contributed by atoms with Crippen LogP contribution in [0.1, 0.15) is 27.7 Å². The first-order valence-electron chi connectivity index (χ1n) is 9.58. The van der Waals surface area contributed by atoms with Crippen LogP contribution in [0.2, 0.25) is 0 Å². The van der Waals surface area contributed by atoms with Crippen LogP contribution in [0, 0.1) is 0 Å². The molecule has 0 saturated carbocycles. The molecule has 0 bridgehead atoms. The minimum Gasteiger partial charge on any atom is -0.463 e. The monoisotopic (exact) mass is 452 g/mol. The smallest absolute Gasteiger partial charge is 0.303 e. The minimum absolute atomic E-state index is 0.453. The molecule has 0 aromatic carbocycles. The number of carbonyl (C=O) groups excluding carboxylic acids is 3. The van der Waals surface area contributed by atoms with E-state index in [1.54, 1.807) is 0 Å². The van der Waals surface area contributed by atoms with E-state index >= 15 is 0 Å². The fourth-order valence-electron chi connectivity index (χ4n) is 3.32. The van der Waals surface area contributed by atoms with Crippen molar-refractivity contribution >= 4 is 17.9 Å². The van der Waals surface area contributed by atoms with E-state index in [0.29, 0.717) is 0 Å². The SMILES string of the molecule is CC(=O)OC[C@H]1O[C@H](O)[C@H](OC(C)=O)[C@@H](OC(C)=O)[C@@H]1O[C@H]1O[C@@H](C)[C@H](O)[C@@H](O)[C@H]1O. The van der Waals surface area contributed by atoms with Gasteiger partial charge in [-0.2, -0.15) is 0 Å². The summed E-state index contributed by atoms with van der Waals surface area (Å²) in [5.41, 5.74) is 0. The van der Waals surface area contributed by atoms with Gasteiger partial charge in [-0.15, -0.1) is 0 Å². The number of hydrogen-bond donors (Lipinski definition) is 4. The summed E-state index contributed by atoms with van der Waals surface area (Å²) < 4.78 is 31.6. The summed E-state index contributed by atoms with van der Waals surface area (Å²) >= 11 is 0. The largest absolute Gasteiger partial charge is 0.463 e. The van der Waals surface area contributed by atoms with Crippen molar-refractivity contribution in [2.24, 2.45) is 0 Å². The second kappa shape index (κ2) is 10.6. The quantitative estimate of drug-likeness (QED) is 0.242. The molecule has 2 aliphatic rings. The van der Waals surface area contributed by atoms with E-state index in [1.165, 1.54) is 6.92 Å². The van der Waals surface area contributed by atoms with E-state index in [1.807, 2.05) is 0 Å². The summed E-state index contributed by atoms with van der Waals surface area (Å²) in [6.45, 7) is 4.24. The molecular weight excluding hydrogens is 424 g/mol. The topological polar surface area (TPSA) is 188 Å². The molecule has 178 valence electrons. The Morgan fingerprint density at radius 2 is 1.35 bits per heavy atom. The molecular formula is C18H28O13. The maximum absolute atomic E-state index is 11.7. The van der Waals surface area contributed by atoms with Crippen molar-refractivity contribution in [1.29, 1.82) is 0 Å². The zero-order valence-electron chi connectivity index (χ0n) is 17.4. The highest BCUT2D eigenvalue weighted by Gasteiger charge is 2.53. The van der Waals surface area contributed by atoms with Crippen LogP contribution in [0.25, 0.3) is 0 Å². The molecule has 13 nitrogen and oxygen atoms in total. The summed E-state index contributed by atoms with van der Waals surface area (Å²) in [6, 6.07) is 0. The first-order valence-corrected chi connectivity index (χ1v) is 9.58. The molecule has 0 radical (unpaired) electrons. The Kier molecular flexibility index (Phi) is 8.71. The Balaban J connectivity index is 2.35. The van der Waals surface area contributed by atoms with Gasteiger partial charge in [0.05, 0.1) is 6.10 Å². The summed E-state index contributed by atoms with van der Waals surface area (Å²) in [6.07, 6.45) is -14.6. The zero-order valence-corrected chi connectivity index (χ0v) is 17.4. The predicted molar refractivity (Wildman–Crippen MR) is 95.8 cm³/mol. The van der Waals surface area contributed by atoms with Gasteiger partial charge in [-0.3, -0.25) is 14.4 Å². The lowest BCUT2D eigenvalue weighted by molar-refractivity contribution is -0.353. The van der Waals surface area contributed by atoms with Crippen LogP contribution in [0.3, 0.4) is 0 Å². The van der Waals surface area contributed by atoms with Crippen molar-refractivity contribution in [1.82, 2.24) is 0 Å². The molecule has 0 amide bonds. The second-order valence-corrected chi connectivity index (χ2v) is 7.30. The highest BCUT2D eigenvalue weighted by molar-refractivity contribution is 5.67. The van der Waals surface area contributed by atoms with E-state index in [-0.39, 0.29) is 0 Å². The van der Waals surface area contributed by atoms with Gasteiger partial charge in [-0.05, 0) is 6.92 Å². The highest BCUT2D eigenvalue weighted by Crippen LogP contribution is 2.31. The fraction of sp³-hybridized carbons (Fsp3) is 0.833. The van der Waals surface area contributed by atoms with E-state index in [9.17, 15) is 34.8 Å². The Morgan fingerprint density at radius 1 is 0.774 bits per heavy atom. The molecule has 2 rings (SSSR count). The third kappa shape index (κ3) is 6.32. The van der Waals surface area contributed by atoms with Crippen molar-refractivity contribution in [2.45, 2.75) is 89.1 Å². The molecule has 2 heterocycles. The molecule has 2 aliphatic heterocycles. The average Bonchev–Trinajstić information content (AvgIpc) is 2.66. The molecule has 10 atom stereocenters. The summed E-state index contributed by atoms with van der Waals surface area (Å²) in [4.78, 5) is 34.4. The van der Waals surface area contributed by atoms with Gasteiger partial charge in [0.1, 0.15) is 37.1 Å². The molecule has 0 aromatic rings. The van der Waals surface area contributed by atoms with E-state index in [4.69, 9.17) is 28.4 Å². The van der Waals surface area contributed by atoms with Gasteiger partial charge in [-0.25, -0.2) is 0 Å². The summed E-state index contributed by atoms with van der Waals surface area (Å²) in [7, 11) is 0. The Labute approximate surface area is 177 Å². The number of aliphatic hydroxyl groups excluding tert-OH is 4. The van der Waals surface area contributed by atoms with Gasteiger partial charge < -0.3 is 48.8 Å². The molecule has 4 N–H and O–H groups in total. The zero-order chi connectivity index (χ0) is 23.5. The summed E-state index contributed by atoms with van der Waals surface area (Å²) in [5, 5.41) is 40.4. The van der Waals surface area contributed by atoms with Crippen molar-refractivity contribution in [2.75, 3.05) is 6.61 Å². The van der Waals surface area contributed by atoms with Crippen LogP contribution < -0.4 is 0 Å². The lowest BCUT2D eigenvalue weighted by atomic mass is 9.97. The lowest BCUT2D eigenvalue weighted by Crippen LogP contribution is -2.65. The maximum Gasteiger partial charge on any atom is 0.303 e. The predicted octanol–water partition coefficient (Wildman–Crippen LogP) is -2.66. The van der Waals surface area contributed by atoms with Gasteiger partial charge in [0.15, 0.2) is 24.8 Å². The van der Waals surface area contributed by atoms with Crippen molar-refractivity contribution in [3.8, 4) is 0 Å². The molecule has 2 fully saturated rings. The average molecular weight is 452 g/mol. The van der Waals surface area contributed by atoms with Gasteiger partial charge in [-0.1, -0.05) is 0 Å². The van der Waals surface area contributed by atoms with Gasteiger partial charge in [0, 0.05) is 20.8 Å². The Bertz CT molecular complexity index is 654. The van der Waals surface area contributed by atoms with E-state index in [2.05, 4.69) is 0 Å². The van der Waals surface area contributed by atoms with Crippen LogP contribution >= 0.6 is 0 Å². The van der Waals surface area contributed by atoms with Gasteiger partial charge in [0.25, 0.3) is 0 Å². The molecule has 0 aromatic heterocycles. The van der Waals surface area contributed by atoms with E-state index < -0.39 is 85.9 Å². The summed E-state index contributed by atoms with van der Waals surface area (Å²) in [5.74, 6) is -2.31. The van der Waals surface area contributed by atoms with Crippen LogP contribution in [0.5, 0.6) is 0 Å². The molecule has 0 aliphatic carbocycles. The Morgan fingerprint density at radius 3 is 1.90 bits per heavy atom. The van der Waals surface area contributed by atoms with E-state index in [0.717, 1.165) is 20.8 Å². The third-order valence-electron chi connectivity index (χ3n) is 4.76. The standard InChI is InChI=1S/C18H28O13/c1-6-11(22)12(23)13(24)18(27-6)31-14-10(5-26-7(2)19)30-17(25)16(29-9(4)21)15(14)28-8(3)20/h6,10-18,22-25H,5H2,1-4H3/t6-,10+,11-,12+,13+,14+,15-,16+,17-,18+/m0/s1. The Hall–Kier alpha value is -1.87. The number of ether oxygens (including phenoxy) is 6. The van der Waals surface area contributed by atoms with Crippen molar-refractivity contribution < 1.29 is 63.2 Å². The fourth-order valence-corrected chi connectivity index (χ4v) is 3.32. The van der Waals surface area contributed by atoms with Crippen molar-refractivity contribution in [3.63, 3.8) is 0 Å². The third-order valence-corrected chi connectivity index (χ3v) is 4.76. The normalized spacial score (nSPS) is 40.6. The molecule has 0 spiro atoms. The van der Waals surface area contributed by atoms with Gasteiger partial charge in [0.2, 0.25) is 0 Å². The van der Waals surface area contributed by atoms with Crippen LogP contribution in [-0.4, -0.2) is 106 Å². The van der Waals surface area contributed by atoms with Crippen molar-refractivity contribution in [3.05, 3.63) is 0 Å². The number of rotatable bonds is 6. The van der Waals surface area contributed by atoms with Gasteiger partial charge >= 0.3 is 17.9 Å². The number of esters is 3. The van der Waals surface area contributed by atoms with Crippen LogP contribution in [0.4, 0.5) is 0 Å². The number of aliphatic hydroxyl groups is 4. The first kappa shape index (κ1) is 25.4. The number of hydrogen-bond acceptors (Lipinski definition) is 13. The second-order valence-electron chi connectivity index (χ2n) is 7.30. The minimum atomic E-state index is -1.77. The lowest BCUT2D eigenvalue weighted by Gasteiger charge is -2.46. The molecule has 0 unspecified atom stereocenters.